The topological polar surface area (TPSA) is 112 Å². The van der Waals surface area contributed by atoms with Gasteiger partial charge in [-0.15, -0.1) is 12.8 Å². The molecule has 8 heteroatoms. The third-order valence-corrected chi connectivity index (χ3v) is 7.74. The highest BCUT2D eigenvalue weighted by molar-refractivity contribution is 5.87. The summed E-state index contributed by atoms with van der Waals surface area (Å²) >= 11 is 0. The van der Waals surface area contributed by atoms with Gasteiger partial charge in [0.2, 0.25) is 6.41 Å². The van der Waals surface area contributed by atoms with Crippen molar-refractivity contribution < 1.29 is 18.7 Å². The van der Waals surface area contributed by atoms with Crippen LogP contribution >= 0.6 is 0 Å². The lowest BCUT2D eigenvalue weighted by molar-refractivity contribution is -0.118. The molecule has 3 heterocycles. The quantitative estimate of drug-likeness (QED) is 0.150. The first kappa shape index (κ1) is 37.3. The molecule has 1 spiro atoms. The van der Waals surface area contributed by atoms with Crippen molar-refractivity contribution in [1.29, 1.82) is 0 Å². The van der Waals surface area contributed by atoms with Crippen molar-refractivity contribution in [3.05, 3.63) is 42.5 Å². The molecule has 1 saturated heterocycles. The van der Waals surface area contributed by atoms with Crippen molar-refractivity contribution in [1.82, 2.24) is 14.9 Å². The Bertz CT molecular complexity index is 1220. The first-order chi connectivity index (χ1) is 20.9. The zero-order valence-electron chi connectivity index (χ0n) is 26.9. The van der Waals surface area contributed by atoms with E-state index >= 15 is 0 Å². The number of unbranched alkanes of at least 4 members (excludes halogenated alkanes) is 3. The van der Waals surface area contributed by atoms with E-state index in [-0.39, 0.29) is 6.41 Å². The standard InChI is InChI=1S/C22H26N2O3.C8H15N.C2H6.C2H2.CH3NO/c1-3-17(25)10-6-4-5-7-11-22-24-15-21(27-22)18-13-16-9-8-12-23-19(16)14-20(18)26-2;1-9-6-4-8(2-3-8)5-7-9;2*1-2;2-1-3/h8-9,12-15H,3-7,10-11H2,1-2H3;2-7H2,1H3;1-2H3;1-2H;1H,(H2,2,3). The van der Waals surface area contributed by atoms with Crippen LogP contribution in [0, 0.1) is 18.3 Å². The first-order valence-electron chi connectivity index (χ1n) is 15.5. The molecule has 1 saturated carbocycles. The van der Waals surface area contributed by atoms with Gasteiger partial charge in [-0.25, -0.2) is 4.98 Å². The van der Waals surface area contributed by atoms with Crippen LogP contribution in [0.25, 0.3) is 22.2 Å². The van der Waals surface area contributed by atoms with Gasteiger partial charge in [-0.05, 0) is 76.2 Å². The number of terminal acetylenes is 1. The Balaban J connectivity index is 0.000000474. The second kappa shape index (κ2) is 21.1. The Morgan fingerprint density at radius 3 is 2.35 bits per heavy atom. The third-order valence-electron chi connectivity index (χ3n) is 7.74. The van der Waals surface area contributed by atoms with Crippen molar-refractivity contribution in [2.75, 3.05) is 27.2 Å². The van der Waals surface area contributed by atoms with Gasteiger partial charge >= 0.3 is 0 Å². The molecule has 236 valence electrons. The molecule has 1 aromatic carbocycles. The van der Waals surface area contributed by atoms with Crippen LogP contribution in [-0.4, -0.2) is 54.3 Å². The van der Waals surface area contributed by atoms with Gasteiger partial charge in [-0.1, -0.05) is 39.7 Å². The number of hydrogen-bond acceptors (Lipinski definition) is 7. The van der Waals surface area contributed by atoms with Crippen LogP contribution in [0.1, 0.15) is 90.9 Å². The Hall–Kier alpha value is -3.70. The highest BCUT2D eigenvalue weighted by Gasteiger charge is 2.43. The average Bonchev–Trinajstić information content (AvgIpc) is 3.65. The lowest BCUT2D eigenvalue weighted by atomic mass is 9.94. The lowest BCUT2D eigenvalue weighted by Gasteiger charge is -2.28. The number of amides is 1. The predicted octanol–water partition coefficient (Wildman–Crippen LogP) is 7.24. The number of primary amides is 1. The van der Waals surface area contributed by atoms with Crippen LogP contribution in [0.3, 0.4) is 0 Å². The Morgan fingerprint density at radius 2 is 1.74 bits per heavy atom. The van der Waals surface area contributed by atoms with Gasteiger partial charge in [-0.3, -0.25) is 14.6 Å². The second-order valence-electron chi connectivity index (χ2n) is 10.6. The zero-order chi connectivity index (χ0) is 32.1. The maximum atomic E-state index is 11.3. The van der Waals surface area contributed by atoms with E-state index in [1.54, 1.807) is 19.5 Å². The number of aromatic nitrogens is 2. The number of ether oxygens (including phenoxy) is 1. The summed E-state index contributed by atoms with van der Waals surface area (Å²) < 4.78 is 11.5. The molecule has 2 fully saturated rings. The number of benzene rings is 1. The number of oxazole rings is 1. The number of piperidine rings is 1. The van der Waals surface area contributed by atoms with Gasteiger partial charge in [0.25, 0.3) is 0 Å². The SMILES string of the molecule is C#C.CC.CCC(=O)CCCCCCc1ncc(-c2cc3cccnc3cc2OC)o1.CN1CCC2(CC1)CC2.NC=O. The fraction of sp³-hybridized carbons (Fsp3) is 0.543. The maximum absolute atomic E-state index is 11.3. The molecule has 0 bridgehead atoms. The molecule has 0 unspecified atom stereocenters. The normalized spacial score (nSPS) is 14.3. The monoisotopic (exact) mass is 592 g/mol. The first-order valence-corrected chi connectivity index (χ1v) is 15.5. The molecule has 2 aliphatic rings. The van der Waals surface area contributed by atoms with Crippen LogP contribution < -0.4 is 10.5 Å². The van der Waals surface area contributed by atoms with Gasteiger partial charge in [0.15, 0.2) is 11.7 Å². The summed E-state index contributed by atoms with van der Waals surface area (Å²) in [6.07, 6.45) is 24.1. The number of hydrogen-bond donors (Lipinski definition) is 1. The largest absolute Gasteiger partial charge is 0.496 e. The number of carbonyl (C=O) groups is 2. The van der Waals surface area contributed by atoms with E-state index < -0.39 is 0 Å². The summed E-state index contributed by atoms with van der Waals surface area (Å²) in [6.45, 7) is 8.61. The van der Waals surface area contributed by atoms with Gasteiger partial charge in [-0.2, -0.15) is 0 Å². The molecule has 1 aliphatic heterocycles. The lowest BCUT2D eigenvalue weighted by Crippen LogP contribution is -2.30. The molecular weight excluding hydrogens is 540 g/mol. The summed E-state index contributed by atoms with van der Waals surface area (Å²) in [7, 11) is 3.88. The van der Waals surface area contributed by atoms with E-state index in [0.29, 0.717) is 24.4 Å². The van der Waals surface area contributed by atoms with Crippen LogP contribution in [0.5, 0.6) is 5.75 Å². The van der Waals surface area contributed by atoms with Crippen molar-refractivity contribution in [3.63, 3.8) is 0 Å². The summed E-state index contributed by atoms with van der Waals surface area (Å²) in [5, 5.41) is 1.04. The average molecular weight is 593 g/mol. The fourth-order valence-electron chi connectivity index (χ4n) is 4.91. The molecule has 8 nitrogen and oxygen atoms in total. The molecule has 1 aliphatic carbocycles. The van der Waals surface area contributed by atoms with Gasteiger partial charge in [0.1, 0.15) is 11.5 Å². The molecular formula is C35H52N4O4. The highest BCUT2D eigenvalue weighted by Crippen LogP contribution is 2.53. The van der Waals surface area contributed by atoms with E-state index in [0.717, 1.165) is 65.6 Å². The molecule has 3 aromatic rings. The van der Waals surface area contributed by atoms with Gasteiger partial charge in [0, 0.05) is 36.9 Å². The molecule has 43 heavy (non-hydrogen) atoms. The molecule has 0 atom stereocenters. The number of methoxy groups -OCH3 is 1. The summed E-state index contributed by atoms with van der Waals surface area (Å²) in [6, 6.07) is 7.88. The number of Topliss-reactive ketones (excluding diaryl/α,β-unsaturated/α-hetero) is 1. The minimum absolute atomic E-state index is 0.250. The Kier molecular flexibility index (Phi) is 18.3. The molecule has 2 N–H and O–H groups in total. The number of carbonyl (C=O) groups excluding carboxylic acids is 2. The van der Waals surface area contributed by atoms with Crippen molar-refractivity contribution in [2.24, 2.45) is 11.1 Å². The molecule has 0 radical (unpaired) electrons. The second-order valence-corrected chi connectivity index (χ2v) is 10.6. The van der Waals surface area contributed by atoms with E-state index in [9.17, 15) is 4.79 Å². The maximum Gasteiger partial charge on any atom is 0.204 e. The molecule has 1 amide bonds. The Morgan fingerprint density at radius 1 is 1.09 bits per heavy atom. The van der Waals surface area contributed by atoms with Gasteiger partial charge < -0.3 is 19.8 Å². The van der Waals surface area contributed by atoms with Crippen LogP contribution in [0.2, 0.25) is 0 Å². The number of nitrogens with zero attached hydrogens (tertiary/aromatic N) is 3. The van der Waals surface area contributed by atoms with Crippen molar-refractivity contribution in [3.8, 4) is 29.9 Å². The fourth-order valence-corrected chi connectivity index (χ4v) is 4.91. The zero-order valence-corrected chi connectivity index (χ0v) is 26.9. The molecule has 2 aromatic heterocycles. The minimum Gasteiger partial charge on any atom is -0.496 e. The highest BCUT2D eigenvalue weighted by atomic mass is 16.5. The predicted molar refractivity (Wildman–Crippen MR) is 176 cm³/mol. The van der Waals surface area contributed by atoms with Crippen LogP contribution in [0.4, 0.5) is 0 Å². The number of aryl methyl sites for hydroxylation is 1. The minimum atomic E-state index is 0.250. The van der Waals surface area contributed by atoms with Gasteiger partial charge in [0.05, 0.1) is 24.4 Å². The van der Waals surface area contributed by atoms with Crippen LogP contribution in [0.15, 0.2) is 41.1 Å². The van der Waals surface area contributed by atoms with Crippen LogP contribution in [-0.2, 0) is 16.0 Å². The van der Waals surface area contributed by atoms with E-state index in [2.05, 4.69) is 40.5 Å². The van der Waals surface area contributed by atoms with Crippen molar-refractivity contribution >= 4 is 23.1 Å². The number of rotatable bonds is 10. The molecule has 5 rings (SSSR count). The number of likely N-dealkylation sites (tertiary alicyclic amines) is 1. The number of pyridine rings is 1. The number of fused-ring (bicyclic) bond motifs is 1. The number of nitrogens with two attached hydrogens (primary N) is 1. The number of ketones is 1. The summed E-state index contributed by atoms with van der Waals surface area (Å²) in [5.41, 5.74) is 6.81. The summed E-state index contributed by atoms with van der Waals surface area (Å²) in [4.78, 5) is 31.1. The van der Waals surface area contributed by atoms with E-state index in [1.165, 1.54) is 38.8 Å². The third kappa shape index (κ3) is 13.0. The van der Waals surface area contributed by atoms with Crippen molar-refractivity contribution in [2.45, 2.75) is 91.4 Å². The Labute approximate surface area is 258 Å². The van der Waals surface area contributed by atoms with E-state index in [1.807, 2.05) is 45.0 Å². The summed E-state index contributed by atoms with van der Waals surface area (Å²) in [5.74, 6) is 2.53. The van der Waals surface area contributed by atoms with E-state index in [4.69, 9.17) is 13.9 Å². The smallest absolute Gasteiger partial charge is 0.204 e.